The van der Waals surface area contributed by atoms with Crippen LogP contribution in [0.3, 0.4) is 0 Å². The number of anilines is 2. The van der Waals surface area contributed by atoms with Crippen LogP contribution in [-0.4, -0.2) is 76.8 Å². The summed E-state index contributed by atoms with van der Waals surface area (Å²) in [5.41, 5.74) is -0.620. The first kappa shape index (κ1) is 35.1. The molecule has 0 atom stereocenters. The molecule has 1 N–H and O–H groups in total. The molecule has 0 saturated heterocycles. The molecule has 0 aliphatic heterocycles. The number of hydrogen-bond acceptors (Lipinski definition) is 13. The van der Waals surface area contributed by atoms with E-state index >= 15 is 0 Å². The summed E-state index contributed by atoms with van der Waals surface area (Å²) in [6.45, 7) is 8.35. The first-order chi connectivity index (χ1) is 20.7. The van der Waals surface area contributed by atoms with E-state index in [1.54, 1.807) is 4.90 Å². The Morgan fingerprint density at radius 3 is 2.00 bits per heavy atom. The normalized spacial score (nSPS) is 10.5. The summed E-state index contributed by atoms with van der Waals surface area (Å²) >= 11 is 3.07. The van der Waals surface area contributed by atoms with Crippen molar-refractivity contribution in [1.82, 2.24) is 0 Å². The lowest BCUT2D eigenvalue weighted by atomic mass is 9.99. The number of nitro groups is 2. The van der Waals surface area contributed by atoms with E-state index < -0.39 is 39.1 Å². The lowest BCUT2D eigenvalue weighted by Crippen LogP contribution is -2.33. The van der Waals surface area contributed by atoms with Gasteiger partial charge in [0, 0.05) is 19.1 Å². The van der Waals surface area contributed by atoms with Crippen LogP contribution < -0.4 is 15.0 Å². The molecule has 44 heavy (non-hydrogen) atoms. The molecule has 0 fully saturated rings. The predicted molar refractivity (Wildman–Crippen MR) is 168 cm³/mol. The number of azo groups is 1. The molecule has 0 aliphatic rings. The minimum Gasteiger partial charge on any atom is -0.494 e. The van der Waals surface area contributed by atoms with Gasteiger partial charge in [-0.15, -0.1) is 10.2 Å². The number of carbonyl (C=O) groups excluding carboxylic acids is 3. The molecule has 0 radical (unpaired) electrons. The van der Waals surface area contributed by atoms with Crippen molar-refractivity contribution in [2.75, 3.05) is 43.6 Å². The van der Waals surface area contributed by atoms with E-state index in [2.05, 4.69) is 44.6 Å². The van der Waals surface area contributed by atoms with Gasteiger partial charge in [-0.2, -0.15) is 0 Å². The minimum absolute atomic E-state index is 0.0164. The van der Waals surface area contributed by atoms with Crippen molar-refractivity contribution in [2.45, 2.75) is 6.92 Å². The Morgan fingerprint density at radius 1 is 0.977 bits per heavy atom. The lowest BCUT2D eigenvalue weighted by molar-refractivity contribution is -0.393. The maximum atomic E-state index is 12.1. The first-order valence-electron chi connectivity index (χ1n) is 12.6. The van der Waals surface area contributed by atoms with Crippen LogP contribution in [0.25, 0.3) is 0 Å². The monoisotopic (exact) mass is 672 g/mol. The zero-order valence-electron chi connectivity index (χ0n) is 24.2. The molecular formula is C25H27B2BrN6O10. The first-order valence-corrected chi connectivity index (χ1v) is 13.4. The number of rotatable bonds is 15. The Kier molecular flexibility index (Phi) is 12.8. The van der Waals surface area contributed by atoms with Gasteiger partial charge in [0.1, 0.15) is 40.3 Å². The minimum atomic E-state index is -0.844. The fourth-order valence-corrected chi connectivity index (χ4v) is 3.97. The standard InChI is InChI=1S/C25H27B2BrN6O10/c1-13(26)24(36)43-7-5-32(6-8-44-25(37)14(2)27)20-11-18(29-15(3)35)19(12-22(20)42-4)30-31-23-17(28)9-16(33(38)39)10-21(23)34(40)41/h9-12H,1-2,5-8,26-27H2,3-4H3,(H,29,35)/b31-30+. The molecule has 2 aromatic rings. The number of benzene rings is 2. The maximum absolute atomic E-state index is 12.1. The molecule has 0 bridgehead atoms. The van der Waals surface area contributed by atoms with Crippen LogP contribution in [0.2, 0.25) is 0 Å². The van der Waals surface area contributed by atoms with E-state index in [1.165, 1.54) is 41.9 Å². The van der Waals surface area contributed by atoms with Gasteiger partial charge in [-0.1, -0.05) is 13.2 Å². The highest BCUT2D eigenvalue weighted by molar-refractivity contribution is 9.10. The zero-order chi connectivity index (χ0) is 33.1. The van der Waals surface area contributed by atoms with Crippen molar-refractivity contribution in [3.8, 4) is 5.75 Å². The van der Waals surface area contributed by atoms with Crippen molar-refractivity contribution in [2.24, 2.45) is 10.2 Å². The zero-order valence-corrected chi connectivity index (χ0v) is 25.8. The third-order valence-electron chi connectivity index (χ3n) is 5.53. The second-order valence-corrected chi connectivity index (χ2v) is 9.91. The van der Waals surface area contributed by atoms with Crippen molar-refractivity contribution < 1.29 is 38.4 Å². The molecule has 0 aromatic heterocycles. The smallest absolute Gasteiger partial charge is 0.323 e. The number of amides is 1. The average Bonchev–Trinajstić information content (AvgIpc) is 2.94. The van der Waals surface area contributed by atoms with Crippen LogP contribution in [0, 0.1) is 20.2 Å². The van der Waals surface area contributed by atoms with Gasteiger partial charge >= 0.3 is 17.6 Å². The van der Waals surface area contributed by atoms with Crippen molar-refractivity contribution in [3.63, 3.8) is 0 Å². The number of nitro benzene ring substituents is 2. The van der Waals surface area contributed by atoms with Gasteiger partial charge in [0.2, 0.25) is 5.91 Å². The van der Waals surface area contributed by atoms with E-state index in [-0.39, 0.29) is 64.5 Å². The quantitative estimate of drug-likeness (QED) is 0.0727. The number of carbonyl (C=O) groups is 3. The largest absolute Gasteiger partial charge is 0.494 e. The van der Waals surface area contributed by atoms with Gasteiger partial charge in [0.15, 0.2) is 5.69 Å². The summed E-state index contributed by atoms with van der Waals surface area (Å²) in [4.78, 5) is 58.8. The third-order valence-corrected chi connectivity index (χ3v) is 6.13. The summed E-state index contributed by atoms with van der Waals surface area (Å²) in [6.07, 6.45) is 0. The maximum Gasteiger partial charge on any atom is 0.323 e. The average molecular weight is 673 g/mol. The van der Waals surface area contributed by atoms with Crippen LogP contribution >= 0.6 is 15.9 Å². The Hall–Kier alpha value is -5.06. The highest BCUT2D eigenvalue weighted by atomic mass is 79.9. The highest BCUT2D eigenvalue weighted by Crippen LogP contribution is 2.43. The molecular weight excluding hydrogens is 646 g/mol. The molecule has 0 unspecified atom stereocenters. The van der Waals surface area contributed by atoms with Crippen LogP contribution in [0.5, 0.6) is 5.75 Å². The van der Waals surface area contributed by atoms with Gasteiger partial charge < -0.3 is 24.4 Å². The molecule has 0 spiro atoms. The fraction of sp³-hybridized carbons (Fsp3) is 0.240. The number of non-ortho nitro benzene ring substituents is 1. The van der Waals surface area contributed by atoms with Crippen LogP contribution in [0.1, 0.15) is 6.92 Å². The van der Waals surface area contributed by atoms with E-state index in [9.17, 15) is 34.6 Å². The second kappa shape index (κ2) is 16.0. The molecule has 0 saturated carbocycles. The number of hydrogen-bond donors (Lipinski definition) is 1. The number of methoxy groups -OCH3 is 1. The fourth-order valence-electron chi connectivity index (χ4n) is 3.46. The predicted octanol–water partition coefficient (Wildman–Crippen LogP) is 2.83. The summed E-state index contributed by atoms with van der Waals surface area (Å²) < 4.78 is 15.9. The van der Waals surface area contributed by atoms with Gasteiger partial charge in [-0.3, -0.25) is 25.0 Å². The Morgan fingerprint density at radius 2 is 1.55 bits per heavy atom. The van der Waals surface area contributed by atoms with E-state index in [0.29, 0.717) is 5.69 Å². The molecule has 16 nitrogen and oxygen atoms in total. The summed E-state index contributed by atoms with van der Waals surface area (Å²) in [6, 6.07) is 4.66. The molecule has 1 amide bonds. The lowest BCUT2D eigenvalue weighted by Gasteiger charge is -2.27. The van der Waals surface area contributed by atoms with Crippen LogP contribution in [0.4, 0.5) is 34.1 Å². The topological polar surface area (TPSA) is 205 Å². The second-order valence-electron chi connectivity index (χ2n) is 9.05. The van der Waals surface area contributed by atoms with Gasteiger partial charge in [-0.25, -0.2) is 9.59 Å². The Labute approximate surface area is 261 Å². The number of nitrogens with zero attached hydrogens (tertiary/aromatic N) is 5. The molecule has 2 aromatic carbocycles. The summed E-state index contributed by atoms with van der Waals surface area (Å²) in [5, 5.41) is 33.4. The van der Waals surface area contributed by atoms with Gasteiger partial charge in [-0.05, 0) is 32.9 Å². The number of nitrogens with one attached hydrogen (secondary N) is 1. The number of esters is 2. The van der Waals surface area contributed by atoms with Crippen molar-refractivity contribution >= 4 is 83.6 Å². The Balaban J connectivity index is 2.60. The highest BCUT2D eigenvalue weighted by Gasteiger charge is 2.24. The van der Waals surface area contributed by atoms with E-state index in [0.717, 1.165) is 12.1 Å². The Bertz CT molecular complexity index is 1520. The molecule has 0 heterocycles. The summed E-state index contributed by atoms with van der Waals surface area (Å²) in [7, 11) is 4.35. The van der Waals surface area contributed by atoms with E-state index in [4.69, 9.17) is 14.2 Å². The van der Waals surface area contributed by atoms with Crippen molar-refractivity contribution in [1.29, 1.82) is 0 Å². The SMILES string of the molecule is BC(=C)C(=O)OCCN(CCOC(=O)C(B)=C)c1cc(NC(C)=O)c(/N=N/c2c(Br)cc([N+](=O)[O-])cc2[N+](=O)[O-])cc1OC. The van der Waals surface area contributed by atoms with Crippen molar-refractivity contribution in [3.05, 3.63) is 73.1 Å². The van der Waals surface area contributed by atoms with Gasteiger partial charge in [0.25, 0.3) is 5.69 Å². The van der Waals surface area contributed by atoms with Gasteiger partial charge in [0.05, 0.1) is 52.0 Å². The number of ether oxygens (including phenoxy) is 3. The van der Waals surface area contributed by atoms with Crippen LogP contribution in [-0.2, 0) is 23.9 Å². The number of halogens is 1. The van der Waals surface area contributed by atoms with Crippen LogP contribution in [0.15, 0.2) is 63.1 Å². The molecule has 0 aliphatic carbocycles. The molecule has 2 rings (SSSR count). The van der Waals surface area contributed by atoms with E-state index in [1.807, 2.05) is 0 Å². The molecule has 230 valence electrons. The molecule has 19 heteroatoms. The third kappa shape index (κ3) is 9.75. The summed E-state index contributed by atoms with van der Waals surface area (Å²) in [5.74, 6) is -1.50.